The minimum atomic E-state index is 1.31. The van der Waals surface area contributed by atoms with Crippen LogP contribution in [0.2, 0.25) is 0 Å². The van der Waals surface area contributed by atoms with Crippen LogP contribution < -0.4 is 0 Å². The van der Waals surface area contributed by atoms with Crippen LogP contribution in [0.15, 0.2) is 24.3 Å². The van der Waals surface area contributed by atoms with Crippen molar-refractivity contribution in [2.45, 2.75) is 38.5 Å². The summed E-state index contributed by atoms with van der Waals surface area (Å²) >= 11 is 2.03. The lowest BCUT2D eigenvalue weighted by molar-refractivity contribution is 0.889. The molecule has 0 atom stereocenters. The molecule has 0 N–H and O–H groups in total. The minimum Gasteiger partial charge on any atom is -0.135 e. The number of benzene rings is 2. The first-order chi connectivity index (χ1) is 9.43. The molecular weight excluding hydrogens is 248 g/mol. The van der Waals surface area contributed by atoms with E-state index in [9.17, 15) is 0 Å². The summed E-state index contributed by atoms with van der Waals surface area (Å²) in [6.07, 6.45) is 8.02. The summed E-state index contributed by atoms with van der Waals surface area (Å²) in [7, 11) is 0. The standard InChI is InChI=1S/C18H16S/c1-2-10-16-15(5-1)17-13-8-3-6-11(13)12-7-4-9-14(12)18(17)19-16/h1-2,5,10H,3-4,6-9H2. The van der Waals surface area contributed by atoms with Gasteiger partial charge < -0.3 is 0 Å². The second-order valence-corrected chi connectivity index (χ2v) is 6.98. The van der Waals surface area contributed by atoms with Crippen molar-refractivity contribution in [3.05, 3.63) is 46.5 Å². The Morgan fingerprint density at radius 2 is 1.42 bits per heavy atom. The highest BCUT2D eigenvalue weighted by molar-refractivity contribution is 7.26. The predicted molar refractivity (Wildman–Crippen MR) is 83.4 cm³/mol. The van der Waals surface area contributed by atoms with Gasteiger partial charge in [0.1, 0.15) is 0 Å². The van der Waals surface area contributed by atoms with Crippen molar-refractivity contribution in [3.63, 3.8) is 0 Å². The first-order valence-electron chi connectivity index (χ1n) is 7.40. The van der Waals surface area contributed by atoms with E-state index in [1.54, 1.807) is 32.3 Å². The first kappa shape index (κ1) is 10.4. The molecule has 1 heterocycles. The fraction of sp³-hybridized carbons (Fsp3) is 0.333. The van der Waals surface area contributed by atoms with Crippen LogP contribution in [0.1, 0.15) is 35.1 Å². The van der Waals surface area contributed by atoms with Crippen molar-refractivity contribution < 1.29 is 0 Å². The van der Waals surface area contributed by atoms with Crippen LogP contribution in [0.25, 0.3) is 20.2 Å². The van der Waals surface area contributed by atoms with Crippen LogP contribution in [-0.2, 0) is 25.7 Å². The summed E-state index contributed by atoms with van der Waals surface area (Å²) in [5.74, 6) is 0. The lowest BCUT2D eigenvalue weighted by atomic mass is 9.95. The third kappa shape index (κ3) is 1.24. The second kappa shape index (κ2) is 3.61. The molecule has 5 rings (SSSR count). The fourth-order valence-electron chi connectivity index (χ4n) is 4.24. The molecule has 0 saturated heterocycles. The largest absolute Gasteiger partial charge is 0.135 e. The first-order valence-corrected chi connectivity index (χ1v) is 8.22. The molecular formula is C18H16S. The molecule has 0 saturated carbocycles. The van der Waals surface area contributed by atoms with E-state index in [-0.39, 0.29) is 0 Å². The van der Waals surface area contributed by atoms with Gasteiger partial charge in [-0.25, -0.2) is 0 Å². The van der Waals surface area contributed by atoms with Gasteiger partial charge in [-0.3, -0.25) is 0 Å². The molecule has 2 aliphatic rings. The maximum atomic E-state index is 2.33. The number of hydrogen-bond acceptors (Lipinski definition) is 1. The Bertz CT molecular complexity index is 823. The SMILES string of the molecule is c1ccc2c(c1)sc1c3c(c4c(c12)CCC4)CCC3. The third-order valence-electron chi connectivity index (χ3n) is 4.97. The summed E-state index contributed by atoms with van der Waals surface area (Å²) in [5.41, 5.74) is 6.89. The highest BCUT2D eigenvalue weighted by Crippen LogP contribution is 2.46. The Morgan fingerprint density at radius 1 is 0.737 bits per heavy atom. The molecule has 0 fully saturated rings. The molecule has 0 aliphatic heterocycles. The molecule has 1 heteroatoms. The Labute approximate surface area is 117 Å². The van der Waals surface area contributed by atoms with Gasteiger partial charge in [-0.2, -0.15) is 0 Å². The van der Waals surface area contributed by atoms with E-state index in [2.05, 4.69) is 24.3 Å². The smallest absolute Gasteiger partial charge is 0.0393 e. The van der Waals surface area contributed by atoms with Crippen LogP contribution in [-0.4, -0.2) is 0 Å². The van der Waals surface area contributed by atoms with Gasteiger partial charge in [-0.1, -0.05) is 18.2 Å². The molecule has 2 aliphatic carbocycles. The quantitative estimate of drug-likeness (QED) is 0.534. The van der Waals surface area contributed by atoms with Gasteiger partial charge in [0.2, 0.25) is 0 Å². The Morgan fingerprint density at radius 3 is 2.32 bits per heavy atom. The fourth-order valence-corrected chi connectivity index (χ4v) is 5.57. The molecule has 3 aromatic rings. The molecule has 0 nitrogen and oxygen atoms in total. The van der Waals surface area contributed by atoms with Gasteiger partial charge in [0.05, 0.1) is 0 Å². The Balaban J connectivity index is 2.08. The van der Waals surface area contributed by atoms with Gasteiger partial charge >= 0.3 is 0 Å². The van der Waals surface area contributed by atoms with Crippen LogP contribution >= 0.6 is 11.3 Å². The maximum Gasteiger partial charge on any atom is 0.0393 e. The zero-order chi connectivity index (χ0) is 12.4. The Kier molecular flexibility index (Phi) is 1.98. The van der Waals surface area contributed by atoms with E-state index in [0.717, 1.165) is 0 Å². The molecule has 0 unspecified atom stereocenters. The molecule has 0 radical (unpaired) electrons. The maximum absolute atomic E-state index is 2.33. The summed E-state index contributed by atoms with van der Waals surface area (Å²) in [4.78, 5) is 0. The number of rotatable bonds is 0. The van der Waals surface area contributed by atoms with Crippen LogP contribution in [0.3, 0.4) is 0 Å². The van der Waals surface area contributed by atoms with Crippen molar-refractivity contribution >= 4 is 31.5 Å². The molecule has 1 aromatic heterocycles. The lowest BCUT2D eigenvalue weighted by Crippen LogP contribution is -1.93. The minimum absolute atomic E-state index is 1.31. The Hall–Kier alpha value is -1.34. The predicted octanol–water partition coefficient (Wildman–Crippen LogP) is 5.03. The van der Waals surface area contributed by atoms with Gasteiger partial charge in [0.25, 0.3) is 0 Å². The normalized spacial score (nSPS) is 17.3. The molecule has 0 spiro atoms. The molecule has 2 aromatic carbocycles. The zero-order valence-corrected chi connectivity index (χ0v) is 11.8. The summed E-state index contributed by atoms with van der Waals surface area (Å²) in [6, 6.07) is 9.00. The van der Waals surface area contributed by atoms with Crippen LogP contribution in [0, 0.1) is 0 Å². The van der Waals surface area contributed by atoms with Crippen LogP contribution in [0.5, 0.6) is 0 Å². The van der Waals surface area contributed by atoms with E-state index in [1.807, 2.05) is 11.3 Å². The van der Waals surface area contributed by atoms with Crippen molar-refractivity contribution in [2.75, 3.05) is 0 Å². The zero-order valence-electron chi connectivity index (χ0n) is 11.0. The number of aryl methyl sites for hydroxylation is 2. The highest BCUT2D eigenvalue weighted by Gasteiger charge is 2.27. The summed E-state index contributed by atoms with van der Waals surface area (Å²) in [6.45, 7) is 0. The van der Waals surface area contributed by atoms with Gasteiger partial charge in [-0.15, -0.1) is 11.3 Å². The van der Waals surface area contributed by atoms with Crippen LogP contribution in [0.4, 0.5) is 0 Å². The van der Waals surface area contributed by atoms with Gasteiger partial charge in [0.15, 0.2) is 0 Å². The lowest BCUT2D eigenvalue weighted by Gasteiger charge is -2.10. The summed E-state index contributed by atoms with van der Waals surface area (Å²) < 4.78 is 3.10. The van der Waals surface area contributed by atoms with E-state index < -0.39 is 0 Å². The van der Waals surface area contributed by atoms with Crippen molar-refractivity contribution in [3.8, 4) is 0 Å². The topological polar surface area (TPSA) is 0 Å². The van der Waals surface area contributed by atoms with E-state index >= 15 is 0 Å². The average Bonchev–Trinajstić information content (AvgIpc) is 3.14. The van der Waals surface area contributed by atoms with Crippen molar-refractivity contribution in [1.82, 2.24) is 0 Å². The summed E-state index contributed by atoms with van der Waals surface area (Å²) in [5, 5.41) is 3.13. The van der Waals surface area contributed by atoms with E-state index in [1.165, 1.54) is 48.6 Å². The van der Waals surface area contributed by atoms with Gasteiger partial charge in [-0.05, 0) is 66.8 Å². The number of hydrogen-bond donors (Lipinski definition) is 0. The highest BCUT2D eigenvalue weighted by atomic mass is 32.1. The average molecular weight is 264 g/mol. The molecule has 94 valence electrons. The second-order valence-electron chi connectivity index (χ2n) is 5.92. The number of thiophene rings is 1. The van der Waals surface area contributed by atoms with E-state index in [0.29, 0.717) is 0 Å². The number of fused-ring (bicyclic) bond motifs is 8. The van der Waals surface area contributed by atoms with Gasteiger partial charge in [0, 0.05) is 20.2 Å². The molecule has 19 heavy (non-hydrogen) atoms. The van der Waals surface area contributed by atoms with Crippen molar-refractivity contribution in [1.29, 1.82) is 0 Å². The third-order valence-corrected chi connectivity index (χ3v) is 6.20. The van der Waals surface area contributed by atoms with E-state index in [4.69, 9.17) is 0 Å². The van der Waals surface area contributed by atoms with Crippen molar-refractivity contribution in [2.24, 2.45) is 0 Å². The molecule has 0 bridgehead atoms. The molecule has 0 amide bonds. The monoisotopic (exact) mass is 264 g/mol.